The quantitative estimate of drug-likeness (QED) is 0.722. The first-order valence-corrected chi connectivity index (χ1v) is 8.25. The van der Waals surface area contributed by atoms with E-state index >= 15 is 0 Å². The minimum atomic E-state index is -0.323. The van der Waals surface area contributed by atoms with E-state index in [0.717, 1.165) is 29.3 Å². The number of aromatic nitrogens is 1. The molecule has 114 valence electrons. The molecular formula is C18H14N2O2S. The number of rotatable bonds is 2. The molecule has 1 aromatic heterocycles. The number of imide groups is 1. The van der Waals surface area contributed by atoms with Crippen LogP contribution in [-0.4, -0.2) is 15.7 Å². The van der Waals surface area contributed by atoms with Gasteiger partial charge in [-0.05, 0) is 48.5 Å². The van der Waals surface area contributed by atoms with Crippen LogP contribution in [-0.2, 0) is 11.3 Å². The van der Waals surface area contributed by atoms with Crippen LogP contribution >= 0.6 is 11.8 Å². The molecule has 1 aliphatic rings. The molecule has 0 bridgehead atoms. The Balaban J connectivity index is 1.92. The van der Waals surface area contributed by atoms with Crippen molar-refractivity contribution in [2.45, 2.75) is 13.5 Å². The summed E-state index contributed by atoms with van der Waals surface area (Å²) in [6.07, 6.45) is 1.77. The van der Waals surface area contributed by atoms with E-state index in [9.17, 15) is 9.59 Å². The summed E-state index contributed by atoms with van der Waals surface area (Å²) in [7, 11) is 0. The number of nitrogens with one attached hydrogen (secondary N) is 1. The predicted octanol–water partition coefficient (Wildman–Crippen LogP) is 4.14. The molecule has 23 heavy (non-hydrogen) atoms. The zero-order valence-electron chi connectivity index (χ0n) is 12.5. The van der Waals surface area contributed by atoms with Crippen LogP contribution in [0.25, 0.3) is 27.9 Å². The number of para-hydroxylation sites is 1. The molecule has 5 heteroatoms. The van der Waals surface area contributed by atoms with Crippen molar-refractivity contribution in [2.24, 2.45) is 0 Å². The van der Waals surface area contributed by atoms with Gasteiger partial charge in [0.25, 0.3) is 11.1 Å². The Kier molecular flexibility index (Phi) is 3.23. The summed E-state index contributed by atoms with van der Waals surface area (Å²) in [5, 5.41) is 4.32. The van der Waals surface area contributed by atoms with Gasteiger partial charge in [0.05, 0.1) is 4.91 Å². The monoisotopic (exact) mass is 322 g/mol. The van der Waals surface area contributed by atoms with Crippen LogP contribution in [0.4, 0.5) is 4.79 Å². The van der Waals surface area contributed by atoms with Crippen molar-refractivity contribution in [3.63, 3.8) is 0 Å². The fourth-order valence-electron chi connectivity index (χ4n) is 3.07. The van der Waals surface area contributed by atoms with Gasteiger partial charge >= 0.3 is 0 Å². The van der Waals surface area contributed by atoms with Crippen molar-refractivity contribution in [3.05, 3.63) is 52.9 Å². The van der Waals surface area contributed by atoms with E-state index in [4.69, 9.17) is 0 Å². The number of amides is 2. The van der Waals surface area contributed by atoms with Gasteiger partial charge in [0.2, 0.25) is 0 Å². The fraction of sp³-hybridized carbons (Fsp3) is 0.111. The van der Waals surface area contributed by atoms with E-state index in [-0.39, 0.29) is 11.1 Å². The molecule has 0 spiro atoms. The normalized spacial score (nSPS) is 16.7. The van der Waals surface area contributed by atoms with Crippen molar-refractivity contribution in [2.75, 3.05) is 0 Å². The molecule has 1 fully saturated rings. The third-order valence-corrected chi connectivity index (χ3v) is 4.86. The third kappa shape index (κ3) is 2.24. The Morgan fingerprint density at radius 2 is 1.87 bits per heavy atom. The Bertz CT molecular complexity index is 1000. The van der Waals surface area contributed by atoms with Crippen LogP contribution < -0.4 is 5.32 Å². The summed E-state index contributed by atoms with van der Waals surface area (Å²) >= 11 is 0.944. The minimum Gasteiger partial charge on any atom is -0.341 e. The summed E-state index contributed by atoms with van der Waals surface area (Å²) in [5.74, 6) is -0.323. The van der Waals surface area contributed by atoms with Gasteiger partial charge in [0.1, 0.15) is 0 Å². The molecule has 3 aromatic rings. The number of hydrogen-bond donors (Lipinski definition) is 1. The molecule has 2 amide bonds. The Morgan fingerprint density at radius 1 is 1.09 bits per heavy atom. The maximum atomic E-state index is 11.7. The van der Waals surface area contributed by atoms with Crippen LogP contribution in [0.15, 0.2) is 47.4 Å². The molecule has 2 aromatic carbocycles. The van der Waals surface area contributed by atoms with E-state index in [0.29, 0.717) is 4.91 Å². The second-order valence-corrected chi connectivity index (χ2v) is 6.40. The van der Waals surface area contributed by atoms with Gasteiger partial charge in [-0.3, -0.25) is 14.9 Å². The van der Waals surface area contributed by atoms with Crippen LogP contribution in [0.5, 0.6) is 0 Å². The summed E-state index contributed by atoms with van der Waals surface area (Å²) in [6, 6.07) is 14.4. The van der Waals surface area contributed by atoms with Gasteiger partial charge in [0.15, 0.2) is 0 Å². The third-order valence-electron chi connectivity index (χ3n) is 4.05. The molecule has 4 rings (SSSR count). The van der Waals surface area contributed by atoms with Gasteiger partial charge in [-0.2, -0.15) is 0 Å². The molecular weight excluding hydrogens is 308 g/mol. The van der Waals surface area contributed by atoms with Crippen LogP contribution in [0, 0.1) is 0 Å². The molecule has 1 N–H and O–H groups in total. The number of aryl methyl sites for hydroxylation is 1. The maximum Gasteiger partial charge on any atom is 0.290 e. The Labute approximate surface area is 137 Å². The van der Waals surface area contributed by atoms with E-state index in [2.05, 4.69) is 41.1 Å². The molecule has 4 nitrogen and oxygen atoms in total. The van der Waals surface area contributed by atoms with E-state index in [1.54, 1.807) is 6.08 Å². The largest absolute Gasteiger partial charge is 0.341 e. The van der Waals surface area contributed by atoms with E-state index < -0.39 is 0 Å². The number of carbonyl (C=O) groups excluding carboxylic acids is 2. The zero-order valence-corrected chi connectivity index (χ0v) is 13.3. The van der Waals surface area contributed by atoms with Crippen molar-refractivity contribution in [1.29, 1.82) is 0 Å². The van der Waals surface area contributed by atoms with Crippen molar-refractivity contribution in [3.8, 4) is 0 Å². The lowest BCUT2D eigenvalue weighted by Crippen LogP contribution is -2.17. The number of hydrogen-bond acceptors (Lipinski definition) is 3. The lowest BCUT2D eigenvalue weighted by atomic mass is 10.1. The molecule has 0 atom stereocenters. The lowest BCUT2D eigenvalue weighted by Gasteiger charge is -2.03. The maximum absolute atomic E-state index is 11.7. The number of benzene rings is 2. The fourth-order valence-corrected chi connectivity index (χ4v) is 3.76. The van der Waals surface area contributed by atoms with Crippen molar-refractivity contribution in [1.82, 2.24) is 9.88 Å². The lowest BCUT2D eigenvalue weighted by molar-refractivity contribution is -0.115. The van der Waals surface area contributed by atoms with Crippen molar-refractivity contribution < 1.29 is 9.59 Å². The Morgan fingerprint density at radius 3 is 2.61 bits per heavy atom. The number of carbonyl (C=O) groups is 2. The first kappa shape index (κ1) is 14.1. The topological polar surface area (TPSA) is 51.1 Å². The average molecular weight is 322 g/mol. The molecule has 1 aliphatic heterocycles. The molecule has 2 heterocycles. The highest BCUT2D eigenvalue weighted by molar-refractivity contribution is 8.18. The van der Waals surface area contributed by atoms with Crippen LogP contribution in [0.2, 0.25) is 0 Å². The highest BCUT2D eigenvalue weighted by atomic mass is 32.2. The van der Waals surface area contributed by atoms with Crippen molar-refractivity contribution >= 4 is 50.8 Å². The standard InChI is InChI=1S/C18H14N2O2S/c1-2-20-14-6-4-3-5-12(14)13-9-11(7-8-15(13)20)10-16-17(21)19-18(22)23-16/h3-10H,2H2,1H3,(H,19,21,22)/b16-10+. The van der Waals surface area contributed by atoms with Gasteiger partial charge in [-0.1, -0.05) is 24.3 Å². The minimum absolute atomic E-state index is 0.315. The zero-order chi connectivity index (χ0) is 16.0. The number of thioether (sulfide) groups is 1. The van der Waals surface area contributed by atoms with Crippen LogP contribution in [0.1, 0.15) is 12.5 Å². The number of nitrogens with zero attached hydrogens (tertiary/aromatic N) is 1. The summed E-state index contributed by atoms with van der Waals surface area (Å²) < 4.78 is 2.28. The first-order valence-electron chi connectivity index (χ1n) is 7.43. The number of fused-ring (bicyclic) bond motifs is 3. The summed E-state index contributed by atoms with van der Waals surface area (Å²) in [6.45, 7) is 3.03. The van der Waals surface area contributed by atoms with Crippen LogP contribution in [0.3, 0.4) is 0 Å². The van der Waals surface area contributed by atoms with E-state index in [1.807, 2.05) is 18.2 Å². The molecule has 0 saturated carbocycles. The van der Waals surface area contributed by atoms with Gasteiger partial charge in [-0.15, -0.1) is 0 Å². The molecule has 0 aliphatic carbocycles. The predicted molar refractivity (Wildman–Crippen MR) is 94.2 cm³/mol. The Hall–Kier alpha value is -2.53. The van der Waals surface area contributed by atoms with Gasteiger partial charge < -0.3 is 4.57 Å². The van der Waals surface area contributed by atoms with Gasteiger partial charge in [0, 0.05) is 28.4 Å². The molecule has 1 saturated heterocycles. The first-order chi connectivity index (χ1) is 11.2. The van der Waals surface area contributed by atoms with E-state index in [1.165, 1.54) is 16.4 Å². The van der Waals surface area contributed by atoms with Gasteiger partial charge in [-0.25, -0.2) is 0 Å². The molecule has 0 unspecified atom stereocenters. The highest BCUT2D eigenvalue weighted by Crippen LogP contribution is 2.31. The SMILES string of the molecule is CCn1c2ccccc2c2cc(/C=C3/SC(=O)NC3=O)ccc21. The second kappa shape index (κ2) is 5.28. The molecule has 0 radical (unpaired) electrons. The smallest absolute Gasteiger partial charge is 0.290 e. The summed E-state index contributed by atoms with van der Waals surface area (Å²) in [4.78, 5) is 23.4. The summed E-state index contributed by atoms with van der Waals surface area (Å²) in [5.41, 5.74) is 3.30. The average Bonchev–Trinajstić information content (AvgIpc) is 3.04. The second-order valence-electron chi connectivity index (χ2n) is 5.39. The highest BCUT2D eigenvalue weighted by Gasteiger charge is 2.25.